The van der Waals surface area contributed by atoms with Gasteiger partial charge in [0, 0.05) is 19.1 Å². The van der Waals surface area contributed by atoms with Crippen LogP contribution in [0.3, 0.4) is 0 Å². The summed E-state index contributed by atoms with van der Waals surface area (Å²) in [6, 6.07) is 0.977. The topological polar surface area (TPSA) is 60.0 Å². The van der Waals surface area contributed by atoms with Crippen molar-refractivity contribution in [3.05, 3.63) is 0 Å². The van der Waals surface area contributed by atoms with Crippen LogP contribution in [0, 0.1) is 0 Å². The first-order valence-electron chi connectivity index (χ1n) is 9.05. The Bertz CT molecular complexity index is 415. The highest BCUT2D eigenvalue weighted by molar-refractivity contribution is 5.68. The Morgan fingerprint density at radius 3 is 2.12 bits per heavy atom. The van der Waals surface area contributed by atoms with Gasteiger partial charge < -0.3 is 24.4 Å². The van der Waals surface area contributed by atoms with E-state index in [-0.39, 0.29) is 18.2 Å². The summed E-state index contributed by atoms with van der Waals surface area (Å²) in [4.78, 5) is 13.9. The van der Waals surface area contributed by atoms with Gasteiger partial charge in [-0.15, -0.1) is 0 Å². The number of hydrogen-bond donors (Lipinski definition) is 1. The molecule has 1 aliphatic heterocycles. The molecule has 1 saturated heterocycles. The number of carbonyl (C=O) groups is 1. The van der Waals surface area contributed by atoms with Crippen molar-refractivity contribution >= 4 is 6.09 Å². The average molecular weight is 342 g/mol. The molecule has 1 N–H and O–H groups in total. The van der Waals surface area contributed by atoms with E-state index in [0.717, 1.165) is 25.7 Å². The first-order chi connectivity index (χ1) is 11.1. The van der Waals surface area contributed by atoms with Gasteiger partial charge in [-0.05, 0) is 60.3 Å². The van der Waals surface area contributed by atoms with Gasteiger partial charge in [0.15, 0.2) is 5.79 Å². The van der Waals surface area contributed by atoms with Crippen LogP contribution in [-0.4, -0.2) is 60.8 Å². The largest absolute Gasteiger partial charge is 0.444 e. The van der Waals surface area contributed by atoms with Gasteiger partial charge in [-0.2, -0.15) is 0 Å². The maximum Gasteiger partial charge on any atom is 0.410 e. The van der Waals surface area contributed by atoms with Crippen molar-refractivity contribution in [3.8, 4) is 0 Å². The van der Waals surface area contributed by atoms with Crippen LogP contribution in [-0.2, 0) is 14.2 Å². The second-order valence-electron chi connectivity index (χ2n) is 8.48. The van der Waals surface area contributed by atoms with Crippen LogP contribution in [0.1, 0.15) is 60.3 Å². The molecule has 2 rings (SSSR count). The fourth-order valence-corrected chi connectivity index (χ4v) is 3.23. The molecule has 0 radical (unpaired) electrons. The lowest BCUT2D eigenvalue weighted by molar-refractivity contribution is -0.253. The predicted octanol–water partition coefficient (Wildman–Crippen LogP) is 2.91. The third-order valence-electron chi connectivity index (χ3n) is 4.66. The second-order valence-corrected chi connectivity index (χ2v) is 8.48. The molecular formula is C18H34N2O4. The summed E-state index contributed by atoms with van der Waals surface area (Å²) in [5.74, 6) is -0.466. The molecule has 1 saturated carbocycles. The molecule has 140 valence electrons. The maximum absolute atomic E-state index is 12.2. The number of rotatable bonds is 3. The van der Waals surface area contributed by atoms with Gasteiger partial charge in [0.2, 0.25) is 0 Å². The lowest BCUT2D eigenvalue weighted by atomic mass is 9.90. The molecule has 6 heteroatoms. The predicted molar refractivity (Wildman–Crippen MR) is 92.9 cm³/mol. The Balaban J connectivity index is 1.72. The fraction of sp³-hybridized carbons (Fsp3) is 0.944. The van der Waals surface area contributed by atoms with Crippen molar-refractivity contribution < 1.29 is 19.0 Å². The van der Waals surface area contributed by atoms with E-state index in [1.54, 1.807) is 4.90 Å². The molecule has 6 nitrogen and oxygen atoms in total. The van der Waals surface area contributed by atoms with E-state index >= 15 is 0 Å². The fourth-order valence-electron chi connectivity index (χ4n) is 3.23. The highest BCUT2D eigenvalue weighted by Crippen LogP contribution is 2.25. The SMILES string of the molecule is CN(C(=O)OC(C)(C)C)C1CCC(NC2COC(C)(C)OC2)CC1. The Morgan fingerprint density at radius 1 is 1.08 bits per heavy atom. The molecule has 0 aromatic rings. The van der Waals surface area contributed by atoms with E-state index in [2.05, 4.69) is 5.32 Å². The van der Waals surface area contributed by atoms with Crippen molar-refractivity contribution in [2.75, 3.05) is 20.3 Å². The molecule has 0 aromatic carbocycles. The second kappa shape index (κ2) is 7.58. The first-order valence-corrected chi connectivity index (χ1v) is 9.05. The zero-order valence-corrected chi connectivity index (χ0v) is 16.1. The Hall–Kier alpha value is -0.850. The summed E-state index contributed by atoms with van der Waals surface area (Å²) < 4.78 is 16.9. The smallest absolute Gasteiger partial charge is 0.410 e. The van der Waals surface area contributed by atoms with Crippen LogP contribution in [0.2, 0.25) is 0 Å². The van der Waals surface area contributed by atoms with Gasteiger partial charge in [-0.3, -0.25) is 0 Å². The van der Waals surface area contributed by atoms with Gasteiger partial charge in [-0.25, -0.2) is 4.79 Å². The van der Waals surface area contributed by atoms with Gasteiger partial charge in [0.25, 0.3) is 0 Å². The summed E-state index contributed by atoms with van der Waals surface area (Å²) in [7, 11) is 1.84. The van der Waals surface area contributed by atoms with Crippen molar-refractivity contribution in [1.82, 2.24) is 10.2 Å². The number of ether oxygens (including phenoxy) is 3. The van der Waals surface area contributed by atoms with Crippen LogP contribution in [0.4, 0.5) is 4.79 Å². The lowest BCUT2D eigenvalue weighted by Gasteiger charge is -2.39. The molecule has 1 amide bonds. The Morgan fingerprint density at radius 2 is 1.62 bits per heavy atom. The van der Waals surface area contributed by atoms with Crippen LogP contribution < -0.4 is 5.32 Å². The van der Waals surface area contributed by atoms with E-state index in [0.29, 0.717) is 19.3 Å². The summed E-state index contributed by atoms with van der Waals surface area (Å²) in [6.45, 7) is 11.0. The van der Waals surface area contributed by atoms with Gasteiger partial charge >= 0.3 is 6.09 Å². The normalized spacial score (nSPS) is 28.4. The zero-order chi connectivity index (χ0) is 18.0. The molecule has 0 aromatic heterocycles. The third-order valence-corrected chi connectivity index (χ3v) is 4.66. The Labute approximate surface area is 146 Å². The standard InChI is InChI=1S/C18H34N2O4/c1-17(2,3)24-16(21)20(6)15-9-7-13(8-10-15)19-14-11-22-18(4,5)23-12-14/h13-15,19H,7-12H2,1-6H3. The summed E-state index contributed by atoms with van der Waals surface area (Å²) in [6.07, 6.45) is 3.87. The third kappa shape index (κ3) is 5.90. The molecule has 0 atom stereocenters. The summed E-state index contributed by atoms with van der Waals surface area (Å²) in [5, 5.41) is 3.64. The van der Waals surface area contributed by atoms with E-state index < -0.39 is 11.4 Å². The molecule has 1 aliphatic carbocycles. The van der Waals surface area contributed by atoms with E-state index in [1.165, 1.54) is 0 Å². The number of amides is 1. The number of nitrogens with zero attached hydrogens (tertiary/aromatic N) is 1. The number of nitrogens with one attached hydrogen (secondary N) is 1. The molecule has 0 spiro atoms. The molecule has 0 unspecified atom stereocenters. The van der Waals surface area contributed by atoms with Crippen molar-refractivity contribution in [1.29, 1.82) is 0 Å². The maximum atomic E-state index is 12.2. The Kier molecular flexibility index (Phi) is 6.15. The highest BCUT2D eigenvalue weighted by atomic mass is 16.7. The van der Waals surface area contributed by atoms with Gasteiger partial charge in [0.1, 0.15) is 5.60 Å². The van der Waals surface area contributed by atoms with E-state index in [4.69, 9.17) is 14.2 Å². The van der Waals surface area contributed by atoms with Crippen LogP contribution >= 0.6 is 0 Å². The highest BCUT2D eigenvalue weighted by Gasteiger charge is 2.32. The molecule has 0 bridgehead atoms. The molecule has 2 aliphatic rings. The monoisotopic (exact) mass is 342 g/mol. The van der Waals surface area contributed by atoms with Crippen molar-refractivity contribution in [3.63, 3.8) is 0 Å². The summed E-state index contributed by atoms with van der Waals surface area (Å²) in [5.41, 5.74) is -0.446. The van der Waals surface area contributed by atoms with Crippen LogP contribution in [0.25, 0.3) is 0 Å². The van der Waals surface area contributed by atoms with Gasteiger partial charge in [0.05, 0.1) is 19.3 Å². The number of carbonyl (C=O) groups excluding carboxylic acids is 1. The minimum atomic E-state index is -0.466. The molecule has 2 fully saturated rings. The minimum Gasteiger partial charge on any atom is -0.444 e. The zero-order valence-electron chi connectivity index (χ0n) is 16.1. The quantitative estimate of drug-likeness (QED) is 0.854. The minimum absolute atomic E-state index is 0.227. The molecule has 1 heterocycles. The van der Waals surface area contributed by atoms with Crippen molar-refractivity contribution in [2.45, 2.75) is 89.8 Å². The van der Waals surface area contributed by atoms with Crippen LogP contribution in [0.15, 0.2) is 0 Å². The van der Waals surface area contributed by atoms with E-state index in [9.17, 15) is 4.79 Å². The van der Waals surface area contributed by atoms with Crippen molar-refractivity contribution in [2.24, 2.45) is 0 Å². The molecular weight excluding hydrogens is 308 g/mol. The number of hydrogen-bond acceptors (Lipinski definition) is 5. The lowest BCUT2D eigenvalue weighted by Crippen LogP contribution is -2.53. The van der Waals surface area contributed by atoms with Gasteiger partial charge in [-0.1, -0.05) is 0 Å². The van der Waals surface area contributed by atoms with E-state index in [1.807, 2.05) is 41.7 Å². The van der Waals surface area contributed by atoms with Crippen LogP contribution in [0.5, 0.6) is 0 Å². The molecule has 24 heavy (non-hydrogen) atoms. The summed E-state index contributed by atoms with van der Waals surface area (Å²) >= 11 is 0. The average Bonchev–Trinajstić information content (AvgIpc) is 2.48. The first kappa shape index (κ1) is 19.5.